The highest BCUT2D eigenvalue weighted by molar-refractivity contribution is 5.97. The number of urea groups is 1. The zero-order valence-corrected chi connectivity index (χ0v) is 14.5. The average Bonchev–Trinajstić information content (AvgIpc) is 2.77. The minimum Gasteiger partial charge on any atom is -0.337 e. The minimum atomic E-state index is -0.291. The predicted molar refractivity (Wildman–Crippen MR) is 94.7 cm³/mol. The maximum Gasteiger partial charge on any atom is 0.323 e. The third kappa shape index (κ3) is 3.84. The van der Waals surface area contributed by atoms with Gasteiger partial charge in [0.25, 0.3) is 5.91 Å². The molecule has 1 fully saturated rings. The summed E-state index contributed by atoms with van der Waals surface area (Å²) in [6.45, 7) is 6.08. The normalized spacial score (nSPS) is 15.5. The molecule has 3 amide bonds. The number of hydrogen-bond donors (Lipinski definition) is 3. The molecule has 1 aromatic carbocycles. The summed E-state index contributed by atoms with van der Waals surface area (Å²) in [6.07, 6.45) is 0.737. The van der Waals surface area contributed by atoms with Gasteiger partial charge < -0.3 is 25.1 Å². The van der Waals surface area contributed by atoms with E-state index in [0.717, 1.165) is 6.42 Å². The van der Waals surface area contributed by atoms with E-state index >= 15 is 0 Å². The lowest BCUT2D eigenvalue weighted by Crippen LogP contribution is -2.44. The van der Waals surface area contributed by atoms with Crippen molar-refractivity contribution in [3.05, 3.63) is 34.2 Å². The average molecular weight is 345 g/mol. The van der Waals surface area contributed by atoms with Crippen LogP contribution in [0.25, 0.3) is 11.0 Å². The number of nitrogens with zero attached hydrogens (tertiary/aromatic N) is 2. The molecular formula is C17H23N5O3. The fourth-order valence-corrected chi connectivity index (χ4v) is 3.01. The maximum absolute atomic E-state index is 12.8. The largest absolute Gasteiger partial charge is 0.337 e. The topological polar surface area (TPSA) is 101 Å². The molecule has 8 heteroatoms. The van der Waals surface area contributed by atoms with E-state index in [2.05, 4.69) is 15.3 Å². The SMILES string of the molecule is CC(C)NC(=O)N1CCCN(C(=O)c2ccc3[nH]c(=O)[nH]c3c2)CC1. The van der Waals surface area contributed by atoms with Gasteiger partial charge in [0.1, 0.15) is 0 Å². The molecule has 0 saturated carbocycles. The first kappa shape index (κ1) is 17.1. The van der Waals surface area contributed by atoms with E-state index in [-0.39, 0.29) is 23.7 Å². The van der Waals surface area contributed by atoms with Crippen LogP contribution in [0.15, 0.2) is 23.0 Å². The van der Waals surface area contributed by atoms with Gasteiger partial charge in [-0.3, -0.25) is 4.79 Å². The summed E-state index contributed by atoms with van der Waals surface area (Å²) >= 11 is 0. The number of amides is 3. The Morgan fingerprint density at radius 2 is 1.72 bits per heavy atom. The van der Waals surface area contributed by atoms with Crippen molar-refractivity contribution in [1.29, 1.82) is 0 Å². The van der Waals surface area contributed by atoms with Crippen molar-refractivity contribution in [2.75, 3.05) is 26.2 Å². The Labute approximate surface area is 145 Å². The summed E-state index contributed by atoms with van der Waals surface area (Å²) in [7, 11) is 0. The van der Waals surface area contributed by atoms with Gasteiger partial charge in [-0.25, -0.2) is 9.59 Å². The van der Waals surface area contributed by atoms with Crippen molar-refractivity contribution in [2.45, 2.75) is 26.3 Å². The van der Waals surface area contributed by atoms with Gasteiger partial charge in [0.05, 0.1) is 11.0 Å². The monoisotopic (exact) mass is 345 g/mol. The van der Waals surface area contributed by atoms with Crippen LogP contribution in [-0.4, -0.2) is 63.9 Å². The van der Waals surface area contributed by atoms with Crippen LogP contribution in [0.4, 0.5) is 4.79 Å². The molecule has 0 atom stereocenters. The summed E-state index contributed by atoms with van der Waals surface area (Å²) < 4.78 is 0. The van der Waals surface area contributed by atoms with E-state index < -0.39 is 0 Å². The molecule has 1 aliphatic heterocycles. The Balaban J connectivity index is 1.69. The molecule has 2 heterocycles. The number of nitrogens with one attached hydrogen (secondary N) is 3. The zero-order valence-electron chi connectivity index (χ0n) is 14.5. The Bertz CT molecular complexity index is 838. The molecule has 1 aliphatic rings. The number of carbonyl (C=O) groups is 2. The Morgan fingerprint density at radius 3 is 2.48 bits per heavy atom. The lowest BCUT2D eigenvalue weighted by Gasteiger charge is -2.23. The molecule has 1 aromatic heterocycles. The Hall–Kier alpha value is -2.77. The zero-order chi connectivity index (χ0) is 18.0. The van der Waals surface area contributed by atoms with Gasteiger partial charge in [-0.15, -0.1) is 0 Å². The highest BCUT2D eigenvalue weighted by Crippen LogP contribution is 2.14. The quantitative estimate of drug-likeness (QED) is 0.760. The first-order valence-corrected chi connectivity index (χ1v) is 8.51. The van der Waals surface area contributed by atoms with E-state index in [1.165, 1.54) is 0 Å². The van der Waals surface area contributed by atoms with Crippen molar-refractivity contribution in [1.82, 2.24) is 25.1 Å². The van der Waals surface area contributed by atoms with Crippen molar-refractivity contribution >= 4 is 23.0 Å². The molecule has 134 valence electrons. The molecule has 0 bridgehead atoms. The number of H-pyrrole nitrogens is 2. The van der Waals surface area contributed by atoms with E-state index in [1.807, 2.05) is 13.8 Å². The highest BCUT2D eigenvalue weighted by Gasteiger charge is 2.23. The van der Waals surface area contributed by atoms with Crippen LogP contribution in [0, 0.1) is 0 Å². The van der Waals surface area contributed by atoms with Gasteiger partial charge in [0, 0.05) is 37.8 Å². The lowest BCUT2D eigenvalue weighted by molar-refractivity contribution is 0.0762. The minimum absolute atomic E-state index is 0.0868. The van der Waals surface area contributed by atoms with Gasteiger partial charge in [0.2, 0.25) is 0 Å². The number of fused-ring (bicyclic) bond motifs is 1. The van der Waals surface area contributed by atoms with Gasteiger partial charge >= 0.3 is 11.7 Å². The number of imidazole rings is 1. The van der Waals surface area contributed by atoms with Gasteiger partial charge in [-0.2, -0.15) is 0 Å². The molecule has 3 rings (SSSR count). The van der Waals surface area contributed by atoms with Crippen LogP contribution >= 0.6 is 0 Å². The number of aromatic nitrogens is 2. The van der Waals surface area contributed by atoms with E-state index in [1.54, 1.807) is 28.0 Å². The second-order valence-corrected chi connectivity index (χ2v) is 6.58. The lowest BCUT2D eigenvalue weighted by atomic mass is 10.1. The molecule has 8 nitrogen and oxygen atoms in total. The standard InChI is InChI=1S/C17H23N5O3/c1-11(2)18-17(25)22-7-3-6-21(8-9-22)15(23)12-4-5-13-14(10-12)20-16(24)19-13/h4-5,10-11H,3,6-9H2,1-2H3,(H,18,25)(H2,19,20,24). The first-order chi connectivity index (χ1) is 11.9. The maximum atomic E-state index is 12.8. The molecule has 3 N–H and O–H groups in total. The Morgan fingerprint density at radius 1 is 1.04 bits per heavy atom. The third-order valence-corrected chi connectivity index (χ3v) is 4.25. The summed E-state index contributed by atoms with van der Waals surface area (Å²) in [6, 6.07) is 5.12. The van der Waals surface area contributed by atoms with Gasteiger partial charge in [-0.1, -0.05) is 0 Å². The van der Waals surface area contributed by atoms with Crippen molar-refractivity contribution < 1.29 is 9.59 Å². The molecule has 0 spiro atoms. The number of rotatable bonds is 2. The number of benzene rings is 1. The highest BCUT2D eigenvalue weighted by atomic mass is 16.2. The van der Waals surface area contributed by atoms with Crippen LogP contribution in [0.2, 0.25) is 0 Å². The summed E-state index contributed by atoms with van der Waals surface area (Å²) in [5.74, 6) is -0.0879. The molecule has 1 saturated heterocycles. The summed E-state index contributed by atoms with van der Waals surface area (Å²) in [4.78, 5) is 45.1. The molecule has 2 aromatic rings. The van der Waals surface area contributed by atoms with Crippen LogP contribution < -0.4 is 11.0 Å². The number of carbonyl (C=O) groups excluding carboxylic acids is 2. The van der Waals surface area contributed by atoms with E-state index in [4.69, 9.17) is 0 Å². The first-order valence-electron chi connectivity index (χ1n) is 8.51. The predicted octanol–water partition coefficient (Wildman–Crippen LogP) is 1.12. The van der Waals surface area contributed by atoms with Crippen LogP contribution in [0.5, 0.6) is 0 Å². The summed E-state index contributed by atoms with van der Waals surface area (Å²) in [5.41, 5.74) is 1.53. The van der Waals surface area contributed by atoms with Gasteiger partial charge in [0.15, 0.2) is 0 Å². The van der Waals surface area contributed by atoms with E-state index in [0.29, 0.717) is 42.8 Å². The van der Waals surface area contributed by atoms with E-state index in [9.17, 15) is 14.4 Å². The number of hydrogen-bond acceptors (Lipinski definition) is 3. The smallest absolute Gasteiger partial charge is 0.323 e. The van der Waals surface area contributed by atoms with Crippen molar-refractivity contribution in [2.24, 2.45) is 0 Å². The second kappa shape index (κ2) is 7.00. The second-order valence-electron chi connectivity index (χ2n) is 6.58. The Kier molecular flexibility index (Phi) is 4.78. The van der Waals surface area contributed by atoms with Crippen LogP contribution in [-0.2, 0) is 0 Å². The van der Waals surface area contributed by atoms with Crippen LogP contribution in [0.3, 0.4) is 0 Å². The van der Waals surface area contributed by atoms with Crippen molar-refractivity contribution in [3.63, 3.8) is 0 Å². The fourth-order valence-electron chi connectivity index (χ4n) is 3.01. The number of aromatic amines is 2. The molecular weight excluding hydrogens is 322 g/mol. The fraction of sp³-hybridized carbons (Fsp3) is 0.471. The van der Waals surface area contributed by atoms with Gasteiger partial charge in [-0.05, 0) is 38.5 Å². The molecule has 0 aliphatic carbocycles. The third-order valence-electron chi connectivity index (χ3n) is 4.25. The molecule has 0 radical (unpaired) electrons. The molecule has 0 unspecified atom stereocenters. The van der Waals surface area contributed by atoms with Crippen molar-refractivity contribution in [3.8, 4) is 0 Å². The summed E-state index contributed by atoms with van der Waals surface area (Å²) in [5, 5.41) is 2.88. The van der Waals surface area contributed by atoms with Crippen LogP contribution in [0.1, 0.15) is 30.6 Å². The molecule has 25 heavy (non-hydrogen) atoms.